The van der Waals surface area contributed by atoms with Crippen LogP contribution in [0.15, 0.2) is 61.4 Å². The summed E-state index contributed by atoms with van der Waals surface area (Å²) in [6.45, 7) is 17.0. The third-order valence-corrected chi connectivity index (χ3v) is 13.4. The summed E-state index contributed by atoms with van der Waals surface area (Å²) < 4.78 is 14.5. The van der Waals surface area contributed by atoms with Gasteiger partial charge in [0.05, 0.1) is 63.2 Å². The number of fused-ring (bicyclic) bond motifs is 2. The van der Waals surface area contributed by atoms with Crippen LogP contribution >= 0.6 is 0 Å². The predicted molar refractivity (Wildman–Crippen MR) is 271 cm³/mol. The Morgan fingerprint density at radius 1 is 0.841 bits per heavy atom. The van der Waals surface area contributed by atoms with Gasteiger partial charge in [0.1, 0.15) is 11.7 Å². The van der Waals surface area contributed by atoms with Gasteiger partial charge in [0.25, 0.3) is 6.47 Å². The van der Waals surface area contributed by atoms with Crippen molar-refractivity contribution in [2.75, 3.05) is 34.4 Å². The van der Waals surface area contributed by atoms with Gasteiger partial charge in [0.15, 0.2) is 0 Å². The van der Waals surface area contributed by atoms with Crippen molar-refractivity contribution in [1.82, 2.24) is 40.4 Å². The average Bonchev–Trinajstić information content (AvgIpc) is 4.02. The van der Waals surface area contributed by atoms with Crippen molar-refractivity contribution in [3.8, 4) is 48.8 Å². The van der Waals surface area contributed by atoms with Crippen molar-refractivity contribution < 1.29 is 33.4 Å². The molecule has 1 saturated carbocycles. The number of carbonyl (C=O) groups is 4. The van der Waals surface area contributed by atoms with Crippen molar-refractivity contribution in [3.05, 3.63) is 72.7 Å². The number of methoxy groups -OCH3 is 2. The van der Waals surface area contributed by atoms with E-state index in [9.17, 15) is 14.4 Å². The second-order valence-electron chi connectivity index (χ2n) is 18.1. The van der Waals surface area contributed by atoms with Crippen LogP contribution in [0.25, 0.3) is 22.0 Å². The Balaban J connectivity index is 0.000000260. The third-order valence-electron chi connectivity index (χ3n) is 13.4. The van der Waals surface area contributed by atoms with Gasteiger partial charge < -0.3 is 44.6 Å². The molecular formula is C54H74N8O7. The van der Waals surface area contributed by atoms with E-state index in [0.29, 0.717) is 42.2 Å². The van der Waals surface area contributed by atoms with E-state index in [0.717, 1.165) is 67.7 Å². The number of H-pyrrole nitrogens is 2. The van der Waals surface area contributed by atoms with Gasteiger partial charge in [0, 0.05) is 36.3 Å². The number of nitrogens with one attached hydrogen (secondary N) is 4. The summed E-state index contributed by atoms with van der Waals surface area (Å²) in [5, 5.41) is 8.29. The van der Waals surface area contributed by atoms with Gasteiger partial charge in [-0.3, -0.25) is 14.4 Å². The van der Waals surface area contributed by atoms with E-state index in [1.807, 2.05) is 36.0 Å². The lowest BCUT2D eigenvalue weighted by Crippen LogP contribution is -2.53. The number of carbonyl (C=O) groups excluding carboxylic acids is 4. The highest BCUT2D eigenvalue weighted by Gasteiger charge is 2.57. The number of imidazole rings is 2. The summed E-state index contributed by atoms with van der Waals surface area (Å²) in [5.74, 6) is 8.86. The van der Waals surface area contributed by atoms with Crippen molar-refractivity contribution in [2.45, 2.75) is 117 Å². The van der Waals surface area contributed by atoms with Gasteiger partial charge in [-0.2, -0.15) is 0 Å². The number of likely N-dealkylation sites (tertiary alicyclic amines) is 2. The lowest BCUT2D eigenvalue weighted by Gasteiger charge is -2.31. The van der Waals surface area contributed by atoms with Gasteiger partial charge in [0.2, 0.25) is 11.8 Å². The molecule has 4 aromatic rings. The average molecular weight is 947 g/mol. The number of nitrogens with zero attached hydrogens (tertiary/aromatic N) is 4. The van der Waals surface area contributed by atoms with Crippen LogP contribution in [-0.4, -0.2) is 125 Å². The number of aromatic amines is 2. The first-order valence-corrected chi connectivity index (χ1v) is 23.6. The summed E-state index contributed by atoms with van der Waals surface area (Å²) in [6, 6.07) is 12.8. The monoisotopic (exact) mass is 947 g/mol. The molecule has 4 N–H and O–H groups in total. The number of likely N-dealkylation sites (N-methyl/N-ethyl adjacent to an activating group) is 1. The third kappa shape index (κ3) is 16.0. The first-order chi connectivity index (χ1) is 33.2. The molecule has 5 heterocycles. The number of amides is 3. The molecule has 3 amide bonds. The Bertz CT molecular complexity index is 2290. The fraction of sp³-hybridized carbons (Fsp3) is 0.519. The van der Waals surface area contributed by atoms with Crippen LogP contribution in [0.3, 0.4) is 0 Å². The van der Waals surface area contributed by atoms with E-state index in [1.54, 1.807) is 18.9 Å². The normalized spacial score (nSPS) is 23.6. The minimum atomic E-state index is -0.529. The maximum atomic E-state index is 13.2. The fourth-order valence-electron chi connectivity index (χ4n) is 9.42. The highest BCUT2D eigenvalue weighted by Crippen LogP contribution is 2.50. The number of hydrogen-bond donors (Lipinski definition) is 4. The Kier molecular flexibility index (Phi) is 23.6. The fourth-order valence-corrected chi connectivity index (χ4v) is 9.42. The Morgan fingerprint density at radius 2 is 1.49 bits per heavy atom. The molecule has 5 unspecified atom stereocenters. The van der Waals surface area contributed by atoms with E-state index in [-0.39, 0.29) is 36.0 Å². The number of piperidine rings is 1. The van der Waals surface area contributed by atoms with Crippen LogP contribution in [0, 0.1) is 67.1 Å². The van der Waals surface area contributed by atoms with Gasteiger partial charge in [-0.05, 0) is 124 Å². The van der Waals surface area contributed by atoms with Crippen LogP contribution in [0.4, 0.5) is 4.79 Å². The molecule has 15 heteroatoms. The number of aromatic nitrogens is 4. The Labute approximate surface area is 410 Å². The summed E-state index contributed by atoms with van der Waals surface area (Å²) in [5.41, 5.74) is 3.94. The standard InChI is InChI=1S/C18H12N4.C18H30N2O4.C12H24N2O.C2H4O2.2C2H2/c1-3-15-8-16(18-10-20-12-22-18)5-4-14(15)7-13(1)2-6-17-9-19-11-21-17;1-10-5-6-13(9-11(2)24-10)15(19-18(22)23-4)17(21)20-8-7-14-12(3)16(14)20;1-8(2)11(13-5)12(15)14-7-6-9(3)10(14)4;1-4-2-3;2*1-2/h1,3-5,7-12H,(H,19,21)(H,20,22);10-16H,5-9H2,1-4H3,(H,19,22);8-11,13H,6-7H2,1-5H3;2H,1H3;2*1-2H/t;10-,11+,12+,13+,14?,15?,16?;9?,10-,11?;;;/m.01.../s1. The zero-order valence-corrected chi connectivity index (χ0v) is 42.1. The van der Waals surface area contributed by atoms with Crippen LogP contribution in [0.5, 0.6) is 0 Å². The molecule has 4 fully saturated rings. The number of rotatable bonds is 8. The van der Waals surface area contributed by atoms with E-state index >= 15 is 0 Å². The first-order valence-electron chi connectivity index (χ1n) is 23.6. The molecule has 15 nitrogen and oxygen atoms in total. The van der Waals surface area contributed by atoms with E-state index in [2.05, 4.69) is 145 Å². The maximum Gasteiger partial charge on any atom is 0.407 e. The minimum absolute atomic E-state index is 0.0299. The zero-order valence-electron chi connectivity index (χ0n) is 42.1. The second kappa shape index (κ2) is 28.7. The Morgan fingerprint density at radius 3 is 2.04 bits per heavy atom. The van der Waals surface area contributed by atoms with Gasteiger partial charge >= 0.3 is 6.09 Å². The SMILES string of the molecule is C#C.C#C.C(#Cc1cnc[nH]1)c1ccc2cc(-c3cnc[nH]3)ccc2c1.CNC(C(=O)N1CCC(C)[C@H]1C)C(C)C.COC(=O)NC(C(=O)N1CCC2C1[C@@H]2C)[C@@H]1CC[C@H](C)O[C@H](C)C1.COC=O. The number of alkyl carbamates (subject to hydrolysis) is 1. The van der Waals surface area contributed by atoms with Crippen molar-refractivity contribution >= 4 is 35.2 Å². The number of hydrogen-bond acceptors (Lipinski definition) is 10. The summed E-state index contributed by atoms with van der Waals surface area (Å²) in [4.78, 5) is 64.4. The maximum absolute atomic E-state index is 13.2. The van der Waals surface area contributed by atoms with E-state index in [4.69, 9.17) is 14.3 Å². The lowest BCUT2D eigenvalue weighted by molar-refractivity contribution is -0.136. The van der Waals surface area contributed by atoms with Crippen LogP contribution in [0.1, 0.15) is 91.8 Å². The molecule has 8 rings (SSSR count). The smallest absolute Gasteiger partial charge is 0.407 e. The highest BCUT2D eigenvalue weighted by atomic mass is 16.5. The zero-order chi connectivity index (χ0) is 51.2. The quantitative estimate of drug-likeness (QED) is 0.103. The predicted octanol–water partition coefficient (Wildman–Crippen LogP) is 7.30. The van der Waals surface area contributed by atoms with Crippen LogP contribution in [-0.2, 0) is 28.6 Å². The van der Waals surface area contributed by atoms with Gasteiger partial charge in [-0.25, -0.2) is 14.8 Å². The van der Waals surface area contributed by atoms with Crippen molar-refractivity contribution in [1.29, 1.82) is 0 Å². The number of terminal acetylenes is 2. The second-order valence-corrected chi connectivity index (χ2v) is 18.1. The lowest BCUT2D eigenvalue weighted by atomic mass is 9.88. The minimum Gasteiger partial charge on any atom is -0.471 e. The molecule has 372 valence electrons. The molecular weight excluding hydrogens is 873 g/mol. The molecule has 3 aliphatic heterocycles. The molecule has 2 aromatic carbocycles. The van der Waals surface area contributed by atoms with Gasteiger partial charge in [-0.1, -0.05) is 51.8 Å². The van der Waals surface area contributed by atoms with Crippen molar-refractivity contribution in [3.63, 3.8) is 0 Å². The van der Waals surface area contributed by atoms with Gasteiger partial charge in [-0.15, -0.1) is 25.7 Å². The molecule has 1 aliphatic carbocycles. The molecule has 69 heavy (non-hydrogen) atoms. The molecule has 0 spiro atoms. The van der Waals surface area contributed by atoms with Crippen molar-refractivity contribution in [2.24, 2.45) is 29.6 Å². The largest absolute Gasteiger partial charge is 0.471 e. The summed E-state index contributed by atoms with van der Waals surface area (Å²) in [6.07, 6.45) is 27.4. The number of benzene rings is 2. The first kappa shape index (κ1) is 56.7. The number of ether oxygens (including phenoxy) is 3. The molecule has 0 radical (unpaired) electrons. The topological polar surface area (TPSA) is 184 Å². The van der Waals surface area contributed by atoms with Crippen LogP contribution < -0.4 is 10.6 Å². The van der Waals surface area contributed by atoms with E-state index in [1.165, 1.54) is 25.0 Å². The Hall–Kier alpha value is -6.60. The summed E-state index contributed by atoms with van der Waals surface area (Å²) >= 11 is 0. The van der Waals surface area contributed by atoms with E-state index < -0.39 is 12.1 Å². The molecule has 2 aromatic heterocycles. The highest BCUT2D eigenvalue weighted by molar-refractivity contribution is 5.88. The van der Waals surface area contributed by atoms with Crippen LogP contribution in [0.2, 0.25) is 0 Å². The molecule has 3 saturated heterocycles. The molecule has 0 bridgehead atoms. The molecule has 10 atom stereocenters. The summed E-state index contributed by atoms with van der Waals surface area (Å²) in [7, 11) is 4.52. The molecule has 4 aliphatic rings.